The number of anilines is 1. The Balaban J connectivity index is 1.75. The highest BCUT2D eigenvalue weighted by Crippen LogP contribution is 2.26. The topological polar surface area (TPSA) is 93.2 Å². The molecule has 0 aliphatic heterocycles. The second kappa shape index (κ2) is 7.16. The maximum Gasteiger partial charge on any atom is 0.180 e. The van der Waals surface area contributed by atoms with E-state index in [2.05, 4.69) is 32.3 Å². The smallest absolute Gasteiger partial charge is 0.180 e. The lowest BCUT2D eigenvalue weighted by atomic mass is 10.1. The second-order valence-corrected chi connectivity index (χ2v) is 6.32. The number of nitrogens with one attached hydrogen (secondary N) is 1. The largest absolute Gasteiger partial charge is 0.394 e. The molecule has 0 aliphatic rings. The summed E-state index contributed by atoms with van der Waals surface area (Å²) in [6.07, 6.45) is 11.0. The van der Waals surface area contributed by atoms with Crippen molar-refractivity contribution in [1.29, 1.82) is 0 Å². The zero-order valence-electron chi connectivity index (χ0n) is 15.2. The number of aromatic nitrogens is 6. The van der Waals surface area contributed by atoms with Crippen molar-refractivity contribution >= 4 is 11.5 Å². The van der Waals surface area contributed by atoms with Crippen LogP contribution < -0.4 is 5.32 Å². The quantitative estimate of drug-likeness (QED) is 0.547. The van der Waals surface area contributed by atoms with Crippen molar-refractivity contribution in [3.05, 3.63) is 60.6 Å². The molecule has 138 valence electrons. The van der Waals surface area contributed by atoms with E-state index in [0.29, 0.717) is 11.5 Å². The normalized spacial score (nSPS) is 12.4. The Labute approximate surface area is 156 Å². The third-order valence-corrected chi connectivity index (χ3v) is 4.45. The van der Waals surface area contributed by atoms with Crippen LogP contribution in [0.4, 0.5) is 5.82 Å². The van der Waals surface area contributed by atoms with E-state index in [-0.39, 0.29) is 12.6 Å². The molecule has 0 amide bonds. The maximum absolute atomic E-state index is 9.84. The van der Waals surface area contributed by atoms with Gasteiger partial charge in [0.25, 0.3) is 0 Å². The van der Waals surface area contributed by atoms with Gasteiger partial charge in [0, 0.05) is 36.9 Å². The molecule has 0 aliphatic carbocycles. The predicted octanol–water partition coefficient (Wildman–Crippen LogP) is 2.46. The SMILES string of the molecule is CCn1cc(-c2cnc3c(NC(CO)c4cccnc4)nc(C)cn23)cn1. The number of aliphatic hydroxyl groups is 1. The number of hydrogen-bond donors (Lipinski definition) is 2. The zero-order chi connectivity index (χ0) is 18.8. The lowest BCUT2D eigenvalue weighted by Gasteiger charge is -2.18. The highest BCUT2D eigenvalue weighted by molar-refractivity contribution is 5.70. The first kappa shape index (κ1) is 17.2. The average molecular weight is 363 g/mol. The van der Waals surface area contributed by atoms with Gasteiger partial charge in [-0.3, -0.25) is 14.1 Å². The molecular formula is C19H21N7O. The van der Waals surface area contributed by atoms with Crippen LogP contribution in [0.1, 0.15) is 24.2 Å². The maximum atomic E-state index is 9.84. The van der Waals surface area contributed by atoms with Gasteiger partial charge >= 0.3 is 0 Å². The van der Waals surface area contributed by atoms with Crippen LogP contribution in [0.5, 0.6) is 0 Å². The summed E-state index contributed by atoms with van der Waals surface area (Å²) in [5.74, 6) is 0.618. The Morgan fingerprint density at radius 3 is 2.81 bits per heavy atom. The number of aliphatic hydroxyl groups excluding tert-OH is 1. The molecule has 1 unspecified atom stereocenters. The Hall–Kier alpha value is -3.26. The fourth-order valence-electron chi connectivity index (χ4n) is 3.07. The number of aryl methyl sites for hydroxylation is 2. The van der Waals surface area contributed by atoms with Crippen LogP contribution in [0.3, 0.4) is 0 Å². The van der Waals surface area contributed by atoms with Gasteiger partial charge in [0.2, 0.25) is 0 Å². The number of pyridine rings is 1. The van der Waals surface area contributed by atoms with Crippen molar-refractivity contribution in [2.75, 3.05) is 11.9 Å². The lowest BCUT2D eigenvalue weighted by Crippen LogP contribution is -2.17. The molecule has 4 aromatic rings. The second-order valence-electron chi connectivity index (χ2n) is 6.32. The fraction of sp³-hybridized carbons (Fsp3) is 0.263. The number of hydrogen-bond acceptors (Lipinski definition) is 6. The number of rotatable bonds is 6. The molecule has 8 nitrogen and oxygen atoms in total. The van der Waals surface area contributed by atoms with Crippen LogP contribution in [0, 0.1) is 6.92 Å². The van der Waals surface area contributed by atoms with Crippen molar-refractivity contribution in [2.45, 2.75) is 26.4 Å². The van der Waals surface area contributed by atoms with Crippen LogP contribution >= 0.6 is 0 Å². The van der Waals surface area contributed by atoms with Crippen LogP contribution in [0.2, 0.25) is 0 Å². The average Bonchev–Trinajstić information content (AvgIpc) is 3.33. The van der Waals surface area contributed by atoms with Gasteiger partial charge in [-0.15, -0.1) is 0 Å². The Bertz CT molecular complexity index is 1050. The predicted molar refractivity (Wildman–Crippen MR) is 102 cm³/mol. The van der Waals surface area contributed by atoms with Gasteiger partial charge in [-0.25, -0.2) is 9.97 Å². The summed E-state index contributed by atoms with van der Waals surface area (Å²) in [7, 11) is 0. The molecule has 0 radical (unpaired) electrons. The van der Waals surface area contributed by atoms with Gasteiger partial charge in [0.1, 0.15) is 0 Å². The van der Waals surface area contributed by atoms with Crippen molar-refractivity contribution in [3.63, 3.8) is 0 Å². The summed E-state index contributed by atoms with van der Waals surface area (Å²) in [5, 5.41) is 17.5. The zero-order valence-corrected chi connectivity index (χ0v) is 15.2. The van der Waals surface area contributed by atoms with Crippen LogP contribution in [0.15, 0.2) is 49.3 Å². The van der Waals surface area contributed by atoms with E-state index in [4.69, 9.17) is 0 Å². The molecule has 2 N–H and O–H groups in total. The minimum atomic E-state index is -0.320. The van der Waals surface area contributed by atoms with Gasteiger partial charge in [0.05, 0.1) is 36.4 Å². The minimum absolute atomic E-state index is 0.0791. The molecule has 0 spiro atoms. The lowest BCUT2D eigenvalue weighted by molar-refractivity contribution is 0.276. The third-order valence-electron chi connectivity index (χ3n) is 4.45. The van der Waals surface area contributed by atoms with Gasteiger partial charge in [-0.05, 0) is 25.5 Å². The molecule has 8 heteroatoms. The molecule has 0 saturated heterocycles. The Morgan fingerprint density at radius 1 is 1.22 bits per heavy atom. The Morgan fingerprint density at radius 2 is 2.11 bits per heavy atom. The standard InChI is InChI=1S/C19H21N7O/c1-3-25-11-15(8-22-25)17-9-21-19-18(23-13(2)10-26(17)19)24-16(12-27)14-5-4-6-20-7-14/h4-11,16,27H,3,12H2,1-2H3,(H,23,24). The van der Waals surface area contributed by atoms with E-state index in [1.54, 1.807) is 12.4 Å². The first-order chi connectivity index (χ1) is 13.2. The minimum Gasteiger partial charge on any atom is -0.394 e. The van der Waals surface area contributed by atoms with Gasteiger partial charge in [-0.2, -0.15) is 5.10 Å². The molecule has 4 heterocycles. The molecule has 0 fully saturated rings. The monoisotopic (exact) mass is 363 g/mol. The molecule has 1 atom stereocenters. The first-order valence-corrected chi connectivity index (χ1v) is 8.84. The molecule has 0 saturated carbocycles. The highest BCUT2D eigenvalue weighted by atomic mass is 16.3. The van der Waals surface area contributed by atoms with Crippen molar-refractivity contribution < 1.29 is 5.11 Å². The molecule has 0 aromatic carbocycles. The summed E-state index contributed by atoms with van der Waals surface area (Å²) >= 11 is 0. The van der Waals surface area contributed by atoms with Gasteiger partial charge < -0.3 is 10.4 Å². The molecule has 0 bridgehead atoms. The number of imidazole rings is 1. The van der Waals surface area contributed by atoms with E-state index < -0.39 is 0 Å². The van der Waals surface area contributed by atoms with Crippen molar-refractivity contribution in [2.24, 2.45) is 0 Å². The van der Waals surface area contributed by atoms with Gasteiger partial charge in [-0.1, -0.05) is 6.07 Å². The number of nitrogens with zero attached hydrogens (tertiary/aromatic N) is 6. The molecule has 4 rings (SSSR count). The first-order valence-electron chi connectivity index (χ1n) is 8.84. The summed E-state index contributed by atoms with van der Waals surface area (Å²) in [6, 6.07) is 3.45. The van der Waals surface area contributed by atoms with Gasteiger partial charge in [0.15, 0.2) is 11.5 Å². The third kappa shape index (κ3) is 3.26. The summed E-state index contributed by atoms with van der Waals surface area (Å²) in [4.78, 5) is 13.3. The molecular weight excluding hydrogens is 342 g/mol. The number of fused-ring (bicyclic) bond motifs is 1. The van der Waals surface area contributed by atoms with Crippen LogP contribution in [0.25, 0.3) is 16.9 Å². The summed E-state index contributed by atoms with van der Waals surface area (Å²) < 4.78 is 3.88. The summed E-state index contributed by atoms with van der Waals surface area (Å²) in [6.45, 7) is 4.72. The van der Waals surface area contributed by atoms with E-state index in [1.165, 1.54) is 0 Å². The summed E-state index contributed by atoms with van der Waals surface area (Å²) in [5.41, 5.74) is 4.36. The van der Waals surface area contributed by atoms with Crippen LogP contribution in [-0.4, -0.2) is 40.8 Å². The fourth-order valence-corrected chi connectivity index (χ4v) is 3.07. The van der Waals surface area contributed by atoms with E-state index in [1.807, 2.05) is 52.9 Å². The molecule has 27 heavy (non-hydrogen) atoms. The van der Waals surface area contributed by atoms with E-state index in [9.17, 15) is 5.11 Å². The van der Waals surface area contributed by atoms with Crippen molar-refractivity contribution in [1.82, 2.24) is 29.1 Å². The van der Waals surface area contributed by atoms with E-state index in [0.717, 1.165) is 29.1 Å². The molecule has 4 aromatic heterocycles. The van der Waals surface area contributed by atoms with Crippen LogP contribution in [-0.2, 0) is 6.54 Å². The highest BCUT2D eigenvalue weighted by Gasteiger charge is 2.17. The Kier molecular flexibility index (Phi) is 4.55. The van der Waals surface area contributed by atoms with Crippen molar-refractivity contribution in [3.8, 4) is 11.3 Å². The van der Waals surface area contributed by atoms with E-state index >= 15 is 0 Å².